The molecule has 4 fully saturated rings. The van der Waals surface area contributed by atoms with E-state index in [1.165, 1.54) is 38.5 Å². The van der Waals surface area contributed by atoms with E-state index in [-0.39, 0.29) is 11.6 Å². The number of fused-ring (bicyclic) bond motifs is 1. The van der Waals surface area contributed by atoms with Crippen LogP contribution in [0, 0.1) is 23.2 Å². The Morgan fingerprint density at radius 3 is 2.59 bits per heavy atom. The van der Waals surface area contributed by atoms with Gasteiger partial charge in [0.25, 0.3) is 5.56 Å². The van der Waals surface area contributed by atoms with Crippen molar-refractivity contribution in [2.45, 2.75) is 51.5 Å². The van der Waals surface area contributed by atoms with Gasteiger partial charge in [0.2, 0.25) is 0 Å². The molecule has 3 aromatic heterocycles. The maximum absolute atomic E-state index is 12.9. The van der Waals surface area contributed by atoms with Crippen LogP contribution in [-0.2, 0) is 0 Å². The lowest BCUT2D eigenvalue weighted by molar-refractivity contribution is -0.0524. The summed E-state index contributed by atoms with van der Waals surface area (Å²) >= 11 is 3.23. The second kappa shape index (κ2) is 6.76. The van der Waals surface area contributed by atoms with Crippen LogP contribution in [0.15, 0.2) is 27.7 Å². The van der Waals surface area contributed by atoms with E-state index in [9.17, 15) is 4.79 Å². The second-order valence-corrected chi connectivity index (χ2v) is 11.6. The van der Waals surface area contributed by atoms with Gasteiger partial charge in [-0.1, -0.05) is 6.07 Å². The molecule has 7 rings (SSSR count). The summed E-state index contributed by atoms with van der Waals surface area (Å²) in [7, 11) is 0. The third-order valence-electron chi connectivity index (χ3n) is 7.61. The van der Waals surface area contributed by atoms with Gasteiger partial charge in [-0.2, -0.15) is 0 Å². The SMILES string of the molecule is C[C@@H](NCC12CC3CC(CC(C3)C1)C2)c1nc2scc(-c3cccs3)c2c(=O)[nH]1. The number of hydrogen-bond acceptors (Lipinski definition) is 5. The summed E-state index contributed by atoms with van der Waals surface area (Å²) in [6.07, 6.45) is 8.63. The van der Waals surface area contributed by atoms with Gasteiger partial charge in [0.1, 0.15) is 10.7 Å². The van der Waals surface area contributed by atoms with Crippen molar-refractivity contribution in [3.63, 3.8) is 0 Å². The maximum Gasteiger partial charge on any atom is 0.260 e. The van der Waals surface area contributed by atoms with Crippen molar-refractivity contribution in [2.24, 2.45) is 23.2 Å². The minimum Gasteiger partial charge on any atom is -0.309 e. The fourth-order valence-corrected chi connectivity index (χ4v) is 8.53. The minimum atomic E-state index is -0.0156. The summed E-state index contributed by atoms with van der Waals surface area (Å²) in [6, 6.07) is 4.15. The molecule has 0 aliphatic heterocycles. The van der Waals surface area contributed by atoms with Crippen LogP contribution >= 0.6 is 22.7 Å². The Morgan fingerprint density at radius 2 is 1.93 bits per heavy atom. The van der Waals surface area contributed by atoms with Gasteiger partial charge in [-0.25, -0.2) is 4.98 Å². The lowest BCUT2D eigenvalue weighted by Gasteiger charge is -2.57. The topological polar surface area (TPSA) is 57.8 Å². The molecule has 3 heterocycles. The highest BCUT2D eigenvalue weighted by molar-refractivity contribution is 7.18. The van der Waals surface area contributed by atoms with Crippen LogP contribution in [0.2, 0.25) is 0 Å². The summed E-state index contributed by atoms with van der Waals surface area (Å²) in [4.78, 5) is 22.8. The molecule has 2 N–H and O–H groups in total. The standard InChI is InChI=1S/C23H27N3OS2/c1-13(24-12-23-8-14-5-15(9-23)7-16(6-14)10-23)20-25-21(27)19-17(11-29-22(19)26-20)18-3-2-4-28-18/h2-4,11,13-16,24H,5-10,12H2,1H3,(H,25,26,27)/t13-,14?,15?,16?,23?/m1/s1. The van der Waals surface area contributed by atoms with Crippen molar-refractivity contribution in [1.82, 2.24) is 15.3 Å². The molecule has 3 aromatic rings. The maximum atomic E-state index is 12.9. The Kier molecular flexibility index (Phi) is 4.26. The number of aromatic amines is 1. The molecule has 4 aliphatic carbocycles. The highest BCUT2D eigenvalue weighted by Crippen LogP contribution is 2.59. The van der Waals surface area contributed by atoms with Gasteiger partial charge in [0.15, 0.2) is 0 Å². The molecule has 0 amide bonds. The van der Waals surface area contributed by atoms with E-state index in [1.54, 1.807) is 22.7 Å². The first-order valence-electron chi connectivity index (χ1n) is 10.9. The van der Waals surface area contributed by atoms with Crippen LogP contribution in [0.3, 0.4) is 0 Å². The highest BCUT2D eigenvalue weighted by Gasteiger charge is 2.50. The summed E-state index contributed by atoms with van der Waals surface area (Å²) in [5.74, 6) is 3.67. The minimum absolute atomic E-state index is 0.0156. The normalized spacial score (nSPS) is 31.6. The van der Waals surface area contributed by atoms with Crippen molar-refractivity contribution < 1.29 is 0 Å². The monoisotopic (exact) mass is 425 g/mol. The number of H-pyrrole nitrogens is 1. The van der Waals surface area contributed by atoms with Crippen molar-refractivity contribution in [3.8, 4) is 10.4 Å². The Hall–Kier alpha value is -1.50. The molecule has 0 spiro atoms. The Balaban J connectivity index is 1.23. The number of rotatable bonds is 5. The summed E-state index contributed by atoms with van der Waals surface area (Å²) in [6.45, 7) is 3.20. The van der Waals surface area contributed by atoms with Gasteiger partial charge in [0.05, 0.1) is 11.4 Å². The Morgan fingerprint density at radius 1 is 1.21 bits per heavy atom. The molecule has 6 heteroatoms. The first-order valence-corrected chi connectivity index (χ1v) is 12.6. The second-order valence-electron chi connectivity index (χ2n) is 9.78. The average Bonchev–Trinajstić information content (AvgIpc) is 3.34. The van der Waals surface area contributed by atoms with Crippen LogP contribution in [0.1, 0.15) is 57.3 Å². The zero-order valence-corrected chi connectivity index (χ0v) is 18.4. The molecule has 4 nitrogen and oxygen atoms in total. The summed E-state index contributed by atoms with van der Waals surface area (Å²) < 4.78 is 0. The number of aromatic nitrogens is 2. The third kappa shape index (κ3) is 3.11. The van der Waals surface area contributed by atoms with E-state index in [1.807, 2.05) is 11.4 Å². The molecule has 0 saturated heterocycles. The molecule has 0 radical (unpaired) electrons. The third-order valence-corrected chi connectivity index (χ3v) is 9.38. The number of hydrogen-bond donors (Lipinski definition) is 2. The van der Waals surface area contributed by atoms with E-state index in [2.05, 4.69) is 28.7 Å². The molecule has 4 aliphatic rings. The fraction of sp³-hybridized carbons (Fsp3) is 0.565. The predicted molar refractivity (Wildman–Crippen MR) is 121 cm³/mol. The van der Waals surface area contributed by atoms with Gasteiger partial charge in [-0.05, 0) is 80.1 Å². The van der Waals surface area contributed by atoms with Crippen LogP contribution in [0.4, 0.5) is 0 Å². The van der Waals surface area contributed by atoms with Crippen molar-refractivity contribution in [1.29, 1.82) is 0 Å². The van der Waals surface area contributed by atoms with E-state index >= 15 is 0 Å². The Bertz CT molecular complexity index is 1060. The van der Waals surface area contributed by atoms with Crippen molar-refractivity contribution in [2.75, 3.05) is 6.54 Å². The van der Waals surface area contributed by atoms with Crippen molar-refractivity contribution in [3.05, 3.63) is 39.1 Å². The molecule has 1 atom stereocenters. The molecular weight excluding hydrogens is 398 g/mol. The first kappa shape index (κ1) is 18.3. The van der Waals surface area contributed by atoms with Gasteiger partial charge in [-0.15, -0.1) is 22.7 Å². The molecule has 152 valence electrons. The average molecular weight is 426 g/mol. The molecule has 29 heavy (non-hydrogen) atoms. The molecule has 4 bridgehead atoms. The lowest BCUT2D eigenvalue weighted by Crippen LogP contribution is -2.50. The zero-order chi connectivity index (χ0) is 19.6. The van der Waals surface area contributed by atoms with Gasteiger partial charge in [-0.3, -0.25) is 4.79 Å². The van der Waals surface area contributed by atoms with Crippen LogP contribution in [-0.4, -0.2) is 16.5 Å². The van der Waals surface area contributed by atoms with Gasteiger partial charge in [0, 0.05) is 22.4 Å². The number of nitrogens with zero attached hydrogens (tertiary/aromatic N) is 1. The number of thiophene rings is 2. The molecule has 0 aromatic carbocycles. The van der Waals surface area contributed by atoms with E-state index < -0.39 is 0 Å². The fourth-order valence-electron chi connectivity index (χ4n) is 6.76. The largest absolute Gasteiger partial charge is 0.309 e. The number of nitrogens with one attached hydrogen (secondary N) is 2. The van der Waals surface area contributed by atoms with E-state index in [0.717, 1.165) is 50.8 Å². The van der Waals surface area contributed by atoms with Crippen molar-refractivity contribution >= 4 is 32.9 Å². The van der Waals surface area contributed by atoms with E-state index in [4.69, 9.17) is 4.98 Å². The summed E-state index contributed by atoms with van der Waals surface area (Å²) in [5.41, 5.74) is 1.48. The van der Waals surface area contributed by atoms with E-state index in [0.29, 0.717) is 5.41 Å². The predicted octanol–water partition coefficient (Wildman–Crippen LogP) is 5.58. The zero-order valence-electron chi connectivity index (χ0n) is 16.7. The lowest BCUT2D eigenvalue weighted by atomic mass is 9.49. The molecule has 4 saturated carbocycles. The smallest absolute Gasteiger partial charge is 0.260 e. The molecular formula is C23H27N3OS2. The Labute approximate surface area is 178 Å². The molecule has 0 unspecified atom stereocenters. The first-order chi connectivity index (χ1) is 14.1. The van der Waals surface area contributed by atoms with Crippen LogP contribution < -0.4 is 10.9 Å². The van der Waals surface area contributed by atoms with Gasteiger partial charge < -0.3 is 10.3 Å². The van der Waals surface area contributed by atoms with Gasteiger partial charge >= 0.3 is 0 Å². The highest BCUT2D eigenvalue weighted by atomic mass is 32.1. The summed E-state index contributed by atoms with van der Waals surface area (Å²) in [5, 5.41) is 8.60. The quantitative estimate of drug-likeness (QED) is 0.561. The van der Waals surface area contributed by atoms with Crippen LogP contribution in [0.5, 0.6) is 0 Å². The van der Waals surface area contributed by atoms with Crippen LogP contribution in [0.25, 0.3) is 20.7 Å².